The number of nitrogens with zero attached hydrogens (tertiary/aromatic N) is 5. The number of aromatic amines is 1. The Bertz CT molecular complexity index is 1380. The van der Waals surface area contributed by atoms with Gasteiger partial charge in [0.15, 0.2) is 5.69 Å². The van der Waals surface area contributed by atoms with Crippen LogP contribution in [-0.4, -0.2) is 67.8 Å². The van der Waals surface area contributed by atoms with Crippen molar-refractivity contribution in [3.63, 3.8) is 0 Å². The van der Waals surface area contributed by atoms with Crippen molar-refractivity contribution in [2.24, 2.45) is 0 Å². The van der Waals surface area contributed by atoms with E-state index in [2.05, 4.69) is 21.2 Å². The predicted octanol–water partition coefficient (Wildman–Crippen LogP) is 3.20. The molecule has 1 N–H and O–H groups in total. The van der Waals surface area contributed by atoms with Crippen LogP contribution in [0.4, 0.5) is 0 Å². The van der Waals surface area contributed by atoms with Gasteiger partial charge >= 0.3 is 0 Å². The number of amides is 2. The molecule has 8 nitrogen and oxygen atoms in total. The van der Waals surface area contributed by atoms with Crippen molar-refractivity contribution in [3.05, 3.63) is 76.7 Å². The lowest BCUT2D eigenvalue weighted by Crippen LogP contribution is -2.51. The number of rotatable bonds is 4. The SMILES string of the molecule is Cc1ccc(-n2nc(C)c(C(=O)N3CCN(C(=O)Cc4c[nH]c5ccccc45)CC3)n2)c(C)c1. The topological polar surface area (TPSA) is 87.1 Å². The summed E-state index contributed by atoms with van der Waals surface area (Å²) in [4.78, 5) is 34.5. The van der Waals surface area contributed by atoms with Gasteiger partial charge in [-0.1, -0.05) is 35.9 Å². The smallest absolute Gasteiger partial charge is 0.276 e. The lowest BCUT2D eigenvalue weighted by molar-refractivity contribution is -0.131. The van der Waals surface area contributed by atoms with Crippen LogP contribution in [0.1, 0.15) is 32.9 Å². The van der Waals surface area contributed by atoms with Gasteiger partial charge in [-0.3, -0.25) is 9.59 Å². The van der Waals surface area contributed by atoms with Crippen LogP contribution < -0.4 is 0 Å². The second kappa shape index (κ2) is 8.78. The van der Waals surface area contributed by atoms with Crippen LogP contribution in [-0.2, 0) is 11.2 Å². The maximum absolute atomic E-state index is 13.2. The van der Waals surface area contributed by atoms with E-state index in [0.29, 0.717) is 44.0 Å². The fourth-order valence-electron chi connectivity index (χ4n) is 4.58. The maximum atomic E-state index is 13.2. The van der Waals surface area contributed by atoms with Crippen LogP contribution in [0.5, 0.6) is 0 Å². The molecule has 0 saturated carbocycles. The number of para-hydroxylation sites is 1. The number of aromatic nitrogens is 4. The number of carbonyl (C=O) groups excluding carboxylic acids is 2. The van der Waals surface area contributed by atoms with Gasteiger partial charge in [-0.2, -0.15) is 9.90 Å². The Morgan fingerprint density at radius 2 is 1.68 bits per heavy atom. The average Bonchev–Trinajstić information content (AvgIpc) is 3.42. The molecule has 1 saturated heterocycles. The zero-order valence-corrected chi connectivity index (χ0v) is 19.7. The summed E-state index contributed by atoms with van der Waals surface area (Å²) in [5.74, 6) is -0.0638. The molecule has 1 fully saturated rings. The Morgan fingerprint density at radius 3 is 2.44 bits per heavy atom. The van der Waals surface area contributed by atoms with Crippen LogP contribution in [0.25, 0.3) is 16.6 Å². The molecule has 1 aliphatic rings. The molecular formula is C26H28N6O2. The third-order valence-corrected chi connectivity index (χ3v) is 6.49. The first kappa shape index (κ1) is 21.9. The zero-order chi connectivity index (χ0) is 23.8. The van der Waals surface area contributed by atoms with Crippen LogP contribution in [0, 0.1) is 20.8 Å². The molecule has 5 rings (SSSR count). The van der Waals surface area contributed by atoms with Gasteiger partial charge in [0.25, 0.3) is 5.91 Å². The van der Waals surface area contributed by atoms with E-state index in [4.69, 9.17) is 0 Å². The molecule has 0 spiro atoms. The van der Waals surface area contributed by atoms with Crippen molar-refractivity contribution >= 4 is 22.7 Å². The molecule has 3 heterocycles. The molecule has 0 aliphatic carbocycles. The number of benzene rings is 2. The second-order valence-corrected chi connectivity index (χ2v) is 8.92. The van der Waals surface area contributed by atoms with Gasteiger partial charge in [0.2, 0.25) is 5.91 Å². The molecule has 1 aliphatic heterocycles. The van der Waals surface area contributed by atoms with Crippen LogP contribution in [0.15, 0.2) is 48.7 Å². The fourth-order valence-corrected chi connectivity index (χ4v) is 4.58. The minimum absolute atomic E-state index is 0.0776. The van der Waals surface area contributed by atoms with Crippen molar-refractivity contribution in [1.29, 1.82) is 0 Å². The Morgan fingerprint density at radius 1 is 0.941 bits per heavy atom. The highest BCUT2D eigenvalue weighted by atomic mass is 16.2. The van der Waals surface area contributed by atoms with E-state index in [1.54, 1.807) is 11.8 Å². The molecule has 0 unspecified atom stereocenters. The summed E-state index contributed by atoms with van der Waals surface area (Å²) in [6.07, 6.45) is 2.26. The highest BCUT2D eigenvalue weighted by molar-refractivity contribution is 5.93. The number of nitrogens with one attached hydrogen (secondary N) is 1. The minimum Gasteiger partial charge on any atom is -0.361 e. The van der Waals surface area contributed by atoms with Gasteiger partial charge < -0.3 is 14.8 Å². The van der Waals surface area contributed by atoms with E-state index in [1.807, 2.05) is 61.3 Å². The number of piperazine rings is 1. The first-order chi connectivity index (χ1) is 16.4. The quantitative estimate of drug-likeness (QED) is 0.511. The fraction of sp³-hybridized carbons (Fsp3) is 0.308. The lowest BCUT2D eigenvalue weighted by atomic mass is 10.1. The van der Waals surface area contributed by atoms with Crippen molar-refractivity contribution in [1.82, 2.24) is 29.8 Å². The van der Waals surface area contributed by atoms with Crippen LogP contribution in [0.2, 0.25) is 0 Å². The van der Waals surface area contributed by atoms with Crippen molar-refractivity contribution in [2.75, 3.05) is 26.2 Å². The zero-order valence-electron chi connectivity index (χ0n) is 19.7. The minimum atomic E-state index is -0.141. The molecule has 34 heavy (non-hydrogen) atoms. The Hall–Kier alpha value is -3.94. The van der Waals surface area contributed by atoms with Crippen molar-refractivity contribution in [3.8, 4) is 5.69 Å². The summed E-state index contributed by atoms with van der Waals surface area (Å²) in [7, 11) is 0. The third-order valence-electron chi connectivity index (χ3n) is 6.49. The van der Waals surface area contributed by atoms with Gasteiger partial charge in [-0.25, -0.2) is 0 Å². The van der Waals surface area contributed by atoms with Crippen LogP contribution >= 0.6 is 0 Å². The molecule has 4 aromatic rings. The number of H-pyrrole nitrogens is 1. The molecule has 2 amide bonds. The summed E-state index contributed by atoms with van der Waals surface area (Å²) in [6.45, 7) is 7.84. The summed E-state index contributed by atoms with van der Waals surface area (Å²) in [5, 5.41) is 10.1. The highest BCUT2D eigenvalue weighted by Gasteiger charge is 2.28. The molecular weight excluding hydrogens is 428 g/mol. The molecule has 0 radical (unpaired) electrons. The Kier molecular flexibility index (Phi) is 5.65. The molecule has 0 atom stereocenters. The van der Waals surface area contributed by atoms with Crippen LogP contribution in [0.3, 0.4) is 0 Å². The number of hydrogen-bond donors (Lipinski definition) is 1. The number of fused-ring (bicyclic) bond motifs is 1. The predicted molar refractivity (Wildman–Crippen MR) is 130 cm³/mol. The van der Waals surface area contributed by atoms with Crippen molar-refractivity contribution < 1.29 is 9.59 Å². The largest absolute Gasteiger partial charge is 0.361 e. The van der Waals surface area contributed by atoms with E-state index in [0.717, 1.165) is 27.7 Å². The summed E-state index contributed by atoms with van der Waals surface area (Å²) in [6, 6.07) is 14.0. The third kappa shape index (κ3) is 4.07. The monoisotopic (exact) mass is 456 g/mol. The first-order valence-electron chi connectivity index (χ1n) is 11.5. The second-order valence-electron chi connectivity index (χ2n) is 8.92. The highest BCUT2D eigenvalue weighted by Crippen LogP contribution is 2.20. The molecule has 2 aromatic heterocycles. The molecule has 8 heteroatoms. The first-order valence-corrected chi connectivity index (χ1v) is 11.5. The molecule has 174 valence electrons. The normalized spacial score (nSPS) is 14.1. The van der Waals surface area contributed by atoms with Gasteiger partial charge in [-0.15, -0.1) is 5.10 Å². The summed E-state index contributed by atoms with van der Waals surface area (Å²) in [5.41, 5.74) is 6.07. The van der Waals surface area contributed by atoms with E-state index >= 15 is 0 Å². The van der Waals surface area contributed by atoms with E-state index in [-0.39, 0.29) is 11.8 Å². The van der Waals surface area contributed by atoms with Gasteiger partial charge in [0, 0.05) is 43.3 Å². The van der Waals surface area contributed by atoms with Gasteiger partial charge in [0.05, 0.1) is 17.8 Å². The maximum Gasteiger partial charge on any atom is 0.276 e. The standard InChI is InChI=1S/C26H28N6O2/c1-17-8-9-23(18(2)14-17)32-28-19(3)25(29-32)26(34)31-12-10-30(11-13-31)24(33)15-20-16-27-22-7-5-4-6-21(20)22/h4-9,14,16,27H,10-13,15H2,1-3H3. The van der Waals surface area contributed by atoms with E-state index in [1.165, 1.54) is 10.4 Å². The van der Waals surface area contributed by atoms with E-state index < -0.39 is 0 Å². The Balaban J connectivity index is 1.24. The average molecular weight is 457 g/mol. The van der Waals surface area contributed by atoms with Crippen molar-refractivity contribution in [2.45, 2.75) is 27.2 Å². The molecule has 2 aromatic carbocycles. The van der Waals surface area contributed by atoms with Gasteiger partial charge in [0.1, 0.15) is 0 Å². The number of aryl methyl sites for hydroxylation is 3. The van der Waals surface area contributed by atoms with Gasteiger partial charge in [-0.05, 0) is 44.0 Å². The molecule has 0 bridgehead atoms. The lowest BCUT2D eigenvalue weighted by Gasteiger charge is -2.34. The summed E-state index contributed by atoms with van der Waals surface area (Å²) < 4.78 is 0. The van der Waals surface area contributed by atoms with E-state index in [9.17, 15) is 9.59 Å². The summed E-state index contributed by atoms with van der Waals surface area (Å²) >= 11 is 0. The number of hydrogen-bond acceptors (Lipinski definition) is 4. The Labute approximate surface area is 198 Å². The number of carbonyl (C=O) groups is 2.